The fourth-order valence-electron chi connectivity index (χ4n) is 6.04. The van der Waals surface area contributed by atoms with Crippen molar-refractivity contribution in [1.82, 2.24) is 24.5 Å². The molecule has 0 bridgehead atoms. The summed E-state index contributed by atoms with van der Waals surface area (Å²) in [5, 5.41) is 8.01. The summed E-state index contributed by atoms with van der Waals surface area (Å²) in [6.07, 6.45) is 8.30. The Morgan fingerprint density at radius 3 is 2.49 bits per heavy atom. The summed E-state index contributed by atoms with van der Waals surface area (Å²) in [5.74, 6) is -0.168. The van der Waals surface area contributed by atoms with Gasteiger partial charge in [-0.15, -0.1) is 11.3 Å². The van der Waals surface area contributed by atoms with E-state index in [0.29, 0.717) is 42.6 Å². The lowest BCUT2D eigenvalue weighted by molar-refractivity contribution is -0.122. The Kier molecular flexibility index (Phi) is 8.89. The Bertz CT molecular complexity index is 2430. The number of imidazole rings is 1. The molecule has 0 fully saturated rings. The minimum Gasteiger partial charge on any atom is -0.318 e. The van der Waals surface area contributed by atoms with Crippen molar-refractivity contribution in [3.8, 4) is 22.4 Å². The molecule has 0 spiro atoms. The maximum atomic E-state index is 12.4. The first kappa shape index (κ1) is 32.8. The zero-order valence-electron chi connectivity index (χ0n) is 25.9. The Balaban J connectivity index is 0.000000157. The molecule has 0 saturated carbocycles. The predicted octanol–water partition coefficient (Wildman–Crippen LogP) is 6.98. The van der Waals surface area contributed by atoms with Gasteiger partial charge in [0, 0.05) is 28.3 Å². The molecular weight excluding hydrogens is 703 g/mol. The minimum absolute atomic E-state index is 0.0436. The van der Waals surface area contributed by atoms with Crippen molar-refractivity contribution in [2.45, 2.75) is 26.3 Å². The zero-order chi connectivity index (χ0) is 34.4. The molecule has 2 aliphatic rings. The normalized spacial score (nSPS) is 16.0. The number of fused-ring (bicyclic) bond motifs is 6. The quantitative estimate of drug-likeness (QED) is 0.195. The fourth-order valence-corrected chi connectivity index (χ4v) is 7.37. The number of carbonyl (C=O) groups is 3. The third-order valence-corrected chi connectivity index (χ3v) is 10.4. The number of amides is 1. The number of Topliss-reactive ketones (excluding diaryl/α,β-unsaturated/α-hetero) is 2. The Morgan fingerprint density at radius 2 is 1.71 bits per heavy atom. The van der Waals surface area contributed by atoms with Crippen molar-refractivity contribution in [3.05, 3.63) is 109 Å². The first-order chi connectivity index (χ1) is 23.6. The fraction of sp³-hybridized carbons (Fsp3) is 0.139. The van der Waals surface area contributed by atoms with Gasteiger partial charge in [-0.1, -0.05) is 91.1 Å². The van der Waals surface area contributed by atoms with E-state index in [0.717, 1.165) is 32.7 Å². The molecule has 0 aliphatic heterocycles. The van der Waals surface area contributed by atoms with Crippen molar-refractivity contribution in [3.63, 3.8) is 0 Å². The molecule has 6 aromatic rings. The monoisotopic (exact) mass is 726 g/mol. The second-order valence-corrected chi connectivity index (χ2v) is 13.7. The number of benzene rings is 3. The number of rotatable bonds is 4. The summed E-state index contributed by atoms with van der Waals surface area (Å²) in [7, 11) is 0. The molecule has 3 aromatic heterocycles. The SMILES string of the molecule is CC1C=c2c(ccc3c2=CC(=O)c2ccccc2-3)C(C)C1=O.O=C(Cn1cnc2ncncc21)Nc1nc(-c2cc(Cl)c(Cl)c(Cl)c2)cs1. The van der Waals surface area contributed by atoms with E-state index in [1.165, 1.54) is 17.7 Å². The third kappa shape index (κ3) is 6.28. The van der Waals surface area contributed by atoms with Gasteiger partial charge in [0.25, 0.3) is 0 Å². The van der Waals surface area contributed by atoms with Gasteiger partial charge in [-0.3, -0.25) is 14.4 Å². The van der Waals surface area contributed by atoms with Crippen LogP contribution in [0.1, 0.15) is 35.7 Å². The zero-order valence-corrected chi connectivity index (χ0v) is 29.0. The second-order valence-electron chi connectivity index (χ2n) is 11.6. The number of anilines is 1. The van der Waals surface area contributed by atoms with Gasteiger partial charge >= 0.3 is 0 Å². The molecular formula is C36H25Cl3N6O3S. The van der Waals surface area contributed by atoms with Crippen LogP contribution in [0.25, 0.3) is 45.7 Å². The molecule has 49 heavy (non-hydrogen) atoms. The number of carbonyl (C=O) groups excluding carboxylic acids is 3. The van der Waals surface area contributed by atoms with Crippen LogP contribution in [-0.2, 0) is 16.1 Å². The number of thiazole rings is 1. The lowest BCUT2D eigenvalue weighted by atomic mass is 9.79. The van der Waals surface area contributed by atoms with Crippen LogP contribution in [-0.4, -0.2) is 42.0 Å². The van der Waals surface area contributed by atoms with Crippen molar-refractivity contribution < 1.29 is 14.4 Å². The molecule has 244 valence electrons. The maximum Gasteiger partial charge on any atom is 0.246 e. The first-order valence-electron chi connectivity index (χ1n) is 15.1. The van der Waals surface area contributed by atoms with Gasteiger partial charge in [-0.2, -0.15) is 0 Å². The Labute approximate surface area is 298 Å². The van der Waals surface area contributed by atoms with E-state index < -0.39 is 0 Å². The lowest BCUT2D eigenvalue weighted by Gasteiger charge is -2.23. The molecule has 2 atom stereocenters. The molecule has 0 saturated heterocycles. The topological polar surface area (TPSA) is 120 Å². The van der Waals surface area contributed by atoms with Crippen molar-refractivity contribution in [2.24, 2.45) is 5.92 Å². The first-order valence-corrected chi connectivity index (χ1v) is 17.2. The predicted molar refractivity (Wildman–Crippen MR) is 194 cm³/mol. The molecule has 8 rings (SSSR count). The van der Waals surface area contributed by atoms with E-state index in [-0.39, 0.29) is 35.9 Å². The summed E-state index contributed by atoms with van der Waals surface area (Å²) < 4.78 is 1.66. The average molecular weight is 728 g/mol. The van der Waals surface area contributed by atoms with E-state index in [9.17, 15) is 14.4 Å². The standard InChI is InChI=1S/C20H16O2.C16H9Cl3N6OS/c1-11-9-17-13(12(2)20(11)22)7-8-15-14-5-3-4-6-16(14)19(21)10-18(15)17;17-9-1-8(2-10(18)14(9)19)11-5-27-16(23-11)24-13(26)4-25-7-22-15-12(25)3-20-6-21-15/h3-12H,1-2H3;1-3,5-7H,4H2,(H,23,24,26). The highest BCUT2D eigenvalue weighted by molar-refractivity contribution is 7.14. The largest absolute Gasteiger partial charge is 0.318 e. The van der Waals surface area contributed by atoms with Crippen LogP contribution in [0, 0.1) is 5.92 Å². The van der Waals surface area contributed by atoms with Crippen LogP contribution >= 0.6 is 46.1 Å². The van der Waals surface area contributed by atoms with Gasteiger partial charge in [0.2, 0.25) is 5.91 Å². The molecule has 1 amide bonds. The average Bonchev–Trinajstić information content (AvgIpc) is 3.73. The molecule has 9 nitrogen and oxygen atoms in total. The van der Waals surface area contributed by atoms with Gasteiger partial charge < -0.3 is 9.88 Å². The molecule has 1 N–H and O–H groups in total. The van der Waals surface area contributed by atoms with Crippen molar-refractivity contribution in [1.29, 1.82) is 0 Å². The molecule has 3 aromatic carbocycles. The van der Waals surface area contributed by atoms with Crippen molar-refractivity contribution >= 4 is 92.1 Å². The number of ketones is 2. The smallest absolute Gasteiger partial charge is 0.246 e. The number of hydrogen-bond acceptors (Lipinski definition) is 8. The van der Waals surface area contributed by atoms with E-state index >= 15 is 0 Å². The van der Waals surface area contributed by atoms with Crippen LogP contribution in [0.2, 0.25) is 15.1 Å². The highest BCUT2D eigenvalue weighted by Gasteiger charge is 2.27. The molecule has 3 heterocycles. The van der Waals surface area contributed by atoms with E-state index in [4.69, 9.17) is 34.8 Å². The summed E-state index contributed by atoms with van der Waals surface area (Å²) in [5.41, 5.74) is 6.41. The van der Waals surface area contributed by atoms with Gasteiger partial charge in [-0.05, 0) is 45.3 Å². The number of halogens is 3. The van der Waals surface area contributed by atoms with Crippen LogP contribution in [0.3, 0.4) is 0 Å². The highest BCUT2D eigenvalue weighted by atomic mass is 35.5. The minimum atomic E-state index is -0.244. The number of nitrogens with zero attached hydrogens (tertiary/aromatic N) is 5. The van der Waals surface area contributed by atoms with Crippen molar-refractivity contribution in [2.75, 3.05) is 5.32 Å². The summed E-state index contributed by atoms with van der Waals surface area (Å²) in [6, 6.07) is 15.1. The number of aromatic nitrogens is 5. The van der Waals surface area contributed by atoms with Crippen LogP contribution in [0.4, 0.5) is 5.13 Å². The number of nitrogens with one attached hydrogen (secondary N) is 1. The van der Waals surface area contributed by atoms with Crippen LogP contribution < -0.4 is 15.8 Å². The Morgan fingerprint density at radius 1 is 0.959 bits per heavy atom. The Hall–Kier alpha value is -4.74. The van der Waals surface area contributed by atoms with Gasteiger partial charge in [-0.25, -0.2) is 19.9 Å². The summed E-state index contributed by atoms with van der Waals surface area (Å²) in [6.45, 7) is 3.95. The van der Waals surface area contributed by atoms with Crippen LogP contribution in [0.5, 0.6) is 0 Å². The maximum absolute atomic E-state index is 12.4. The third-order valence-electron chi connectivity index (χ3n) is 8.48. The van der Waals surface area contributed by atoms with Gasteiger partial charge in [0.05, 0.1) is 33.3 Å². The van der Waals surface area contributed by atoms with Gasteiger partial charge in [0.15, 0.2) is 16.6 Å². The summed E-state index contributed by atoms with van der Waals surface area (Å²) in [4.78, 5) is 53.5. The van der Waals surface area contributed by atoms with E-state index in [1.54, 1.807) is 40.7 Å². The van der Waals surface area contributed by atoms with Gasteiger partial charge in [0.1, 0.15) is 24.2 Å². The van der Waals surface area contributed by atoms with Crippen LogP contribution in [0.15, 0.2) is 72.8 Å². The second kappa shape index (κ2) is 13.3. The molecule has 2 aliphatic carbocycles. The molecule has 13 heteroatoms. The molecule has 0 radical (unpaired) electrons. The van der Waals surface area contributed by atoms with E-state index in [2.05, 4.69) is 25.3 Å². The lowest BCUT2D eigenvalue weighted by Crippen LogP contribution is -2.40. The number of hydrogen-bond donors (Lipinski definition) is 1. The summed E-state index contributed by atoms with van der Waals surface area (Å²) >= 11 is 19.4. The highest BCUT2D eigenvalue weighted by Crippen LogP contribution is 2.36. The van der Waals surface area contributed by atoms with E-state index in [1.807, 2.05) is 56.3 Å². The molecule has 2 unspecified atom stereocenters.